The fraction of sp³-hybridized carbons (Fsp3) is 0.588. The SMILES string of the molecule is C=CCC1=NCC[N+]1(C(C)O)C(C=C)C(=O)O.C[N+](C)(C)CC(=O)O. The van der Waals surface area contributed by atoms with E-state index in [1.807, 2.05) is 21.1 Å². The predicted molar refractivity (Wildman–Crippen MR) is 96.1 cm³/mol. The van der Waals surface area contributed by atoms with Crippen LogP contribution in [0.5, 0.6) is 0 Å². The first-order chi connectivity index (χ1) is 11.4. The summed E-state index contributed by atoms with van der Waals surface area (Å²) in [6, 6.07) is -0.879. The van der Waals surface area contributed by atoms with E-state index >= 15 is 0 Å². The summed E-state index contributed by atoms with van der Waals surface area (Å²) in [5, 5.41) is 27.5. The molecule has 1 aliphatic rings. The number of nitrogens with zero attached hydrogens (tertiary/aromatic N) is 3. The summed E-state index contributed by atoms with van der Waals surface area (Å²) in [5.74, 6) is -1.10. The van der Waals surface area contributed by atoms with E-state index in [2.05, 4.69) is 18.2 Å². The molecule has 0 aromatic carbocycles. The summed E-state index contributed by atoms with van der Waals surface area (Å²) in [5.41, 5.74) is 0. The number of aliphatic hydroxyl groups is 1. The molecule has 0 aromatic heterocycles. The second-order valence-corrected chi connectivity index (χ2v) is 6.94. The van der Waals surface area contributed by atoms with Crippen molar-refractivity contribution in [1.29, 1.82) is 0 Å². The Morgan fingerprint density at radius 3 is 2.16 bits per heavy atom. The topological polar surface area (TPSA) is 107 Å². The summed E-state index contributed by atoms with van der Waals surface area (Å²) in [4.78, 5) is 25.6. The van der Waals surface area contributed by atoms with Gasteiger partial charge in [0.15, 0.2) is 12.8 Å². The van der Waals surface area contributed by atoms with E-state index in [1.165, 1.54) is 6.08 Å². The quantitative estimate of drug-likeness (QED) is 0.434. The molecular weight excluding hydrogens is 326 g/mol. The Morgan fingerprint density at radius 1 is 1.32 bits per heavy atom. The van der Waals surface area contributed by atoms with Gasteiger partial charge in [-0.3, -0.25) is 0 Å². The predicted octanol–water partition coefficient (Wildman–Crippen LogP) is 0.546. The maximum atomic E-state index is 11.3. The van der Waals surface area contributed by atoms with Gasteiger partial charge in [-0.2, -0.15) is 0 Å². The number of likely N-dealkylation sites (N-methyl/N-ethyl adjacent to an activating group) is 1. The average molecular weight is 357 g/mol. The van der Waals surface area contributed by atoms with E-state index in [9.17, 15) is 19.8 Å². The van der Waals surface area contributed by atoms with Crippen molar-refractivity contribution in [3.63, 3.8) is 0 Å². The number of rotatable bonds is 8. The van der Waals surface area contributed by atoms with Gasteiger partial charge in [0.1, 0.15) is 6.54 Å². The fourth-order valence-electron chi connectivity index (χ4n) is 2.80. The van der Waals surface area contributed by atoms with Gasteiger partial charge in [-0.05, 0) is 6.08 Å². The standard InChI is InChI=1S/C12H18N2O3.C5H11NO2/c1-4-6-11-13-7-8-14(11,9(3)15)10(5-2)12(16)17;1-6(2,3)4-5(7)8/h4-5,9-10,15H,1-2,6-8H2,3H3;4H2,1-3H3/p+2. The Labute approximate surface area is 149 Å². The van der Waals surface area contributed by atoms with E-state index < -0.39 is 24.2 Å². The molecule has 3 unspecified atom stereocenters. The third-order valence-electron chi connectivity index (χ3n) is 3.82. The number of carbonyl (C=O) groups is 2. The molecule has 1 heterocycles. The highest BCUT2D eigenvalue weighted by Gasteiger charge is 2.50. The summed E-state index contributed by atoms with van der Waals surface area (Å²) < 4.78 is 0.417. The summed E-state index contributed by atoms with van der Waals surface area (Å²) in [6.07, 6.45) is 2.67. The third-order valence-corrected chi connectivity index (χ3v) is 3.82. The lowest BCUT2D eigenvalue weighted by molar-refractivity contribution is -0.893. The van der Waals surface area contributed by atoms with E-state index in [0.717, 1.165) is 0 Å². The van der Waals surface area contributed by atoms with E-state index in [-0.39, 0.29) is 11.0 Å². The highest BCUT2D eigenvalue weighted by Crippen LogP contribution is 2.27. The monoisotopic (exact) mass is 357 g/mol. The summed E-state index contributed by atoms with van der Waals surface area (Å²) >= 11 is 0. The second-order valence-electron chi connectivity index (χ2n) is 6.94. The molecule has 25 heavy (non-hydrogen) atoms. The number of hydrogen-bond acceptors (Lipinski definition) is 4. The number of aliphatic imine (C=N–C) groups is 1. The van der Waals surface area contributed by atoms with Crippen LogP contribution in [0.1, 0.15) is 13.3 Å². The molecule has 3 N–H and O–H groups in total. The summed E-state index contributed by atoms with van der Waals surface area (Å²) in [7, 11) is 5.52. The Balaban J connectivity index is 0.000000609. The van der Waals surface area contributed by atoms with Crippen LogP contribution >= 0.6 is 0 Å². The molecule has 0 amide bonds. The Bertz CT molecular complexity index is 537. The van der Waals surface area contributed by atoms with Crippen molar-refractivity contribution in [2.75, 3.05) is 40.8 Å². The van der Waals surface area contributed by atoms with Gasteiger partial charge < -0.3 is 19.8 Å². The molecule has 0 aromatic rings. The number of hydrogen-bond donors (Lipinski definition) is 3. The minimum absolute atomic E-state index is 0.0646. The van der Waals surface area contributed by atoms with Crippen molar-refractivity contribution >= 4 is 17.8 Å². The van der Waals surface area contributed by atoms with E-state index in [4.69, 9.17) is 5.11 Å². The normalized spacial score (nSPS) is 22.0. The second kappa shape index (κ2) is 9.45. The number of carboxylic acids is 2. The van der Waals surface area contributed by atoms with Crippen LogP contribution in [-0.2, 0) is 9.59 Å². The largest absolute Gasteiger partial charge is 0.477 e. The molecule has 0 saturated heterocycles. The molecule has 8 nitrogen and oxygen atoms in total. The van der Waals surface area contributed by atoms with Gasteiger partial charge in [-0.15, -0.1) is 6.58 Å². The van der Waals surface area contributed by atoms with Gasteiger partial charge in [-0.1, -0.05) is 12.7 Å². The Morgan fingerprint density at radius 2 is 1.88 bits per heavy atom. The molecule has 0 saturated carbocycles. The first-order valence-corrected chi connectivity index (χ1v) is 8.00. The van der Waals surface area contributed by atoms with Gasteiger partial charge in [0.2, 0.25) is 11.9 Å². The van der Waals surface area contributed by atoms with Crippen LogP contribution in [-0.4, -0.2) is 95.1 Å². The van der Waals surface area contributed by atoms with E-state index in [1.54, 1.807) is 13.0 Å². The van der Waals surface area contributed by atoms with Gasteiger partial charge in [-0.25, -0.2) is 19.1 Å². The van der Waals surface area contributed by atoms with Crippen LogP contribution in [0.3, 0.4) is 0 Å². The molecule has 0 radical (unpaired) electrons. The van der Waals surface area contributed by atoms with Gasteiger partial charge >= 0.3 is 11.9 Å². The maximum absolute atomic E-state index is 11.3. The number of carboxylic acid groups (broad SMARTS) is 2. The minimum atomic E-state index is -1.00. The molecule has 142 valence electrons. The van der Waals surface area contributed by atoms with Crippen molar-refractivity contribution in [3.05, 3.63) is 25.3 Å². The van der Waals surface area contributed by atoms with Crippen LogP contribution in [0.4, 0.5) is 0 Å². The molecule has 0 bridgehead atoms. The van der Waals surface area contributed by atoms with Crippen LogP contribution in [0, 0.1) is 0 Å². The van der Waals surface area contributed by atoms with Crippen molar-refractivity contribution < 1.29 is 33.9 Å². The molecule has 0 spiro atoms. The first kappa shape index (κ1) is 23.0. The van der Waals surface area contributed by atoms with Crippen molar-refractivity contribution in [2.45, 2.75) is 25.6 Å². The van der Waals surface area contributed by atoms with Gasteiger partial charge in [0.05, 0.1) is 34.1 Å². The number of quaternary nitrogens is 2. The molecule has 1 rings (SSSR count). The Kier molecular flexibility index (Phi) is 8.68. The highest BCUT2D eigenvalue weighted by molar-refractivity contribution is 5.83. The Hall–Kier alpha value is -2.03. The zero-order valence-corrected chi connectivity index (χ0v) is 15.6. The zero-order valence-electron chi connectivity index (χ0n) is 15.6. The van der Waals surface area contributed by atoms with E-state index in [0.29, 0.717) is 29.8 Å². The van der Waals surface area contributed by atoms with Crippen LogP contribution < -0.4 is 0 Å². The van der Waals surface area contributed by atoms with Crippen molar-refractivity contribution in [3.8, 4) is 0 Å². The highest BCUT2D eigenvalue weighted by atomic mass is 16.4. The minimum Gasteiger partial charge on any atom is -0.477 e. The first-order valence-electron chi connectivity index (χ1n) is 8.00. The van der Waals surface area contributed by atoms with Gasteiger partial charge in [0.25, 0.3) is 0 Å². The van der Waals surface area contributed by atoms with Crippen molar-refractivity contribution in [2.24, 2.45) is 4.99 Å². The lowest BCUT2D eigenvalue weighted by Crippen LogP contribution is -2.64. The van der Waals surface area contributed by atoms with Crippen molar-refractivity contribution in [1.82, 2.24) is 0 Å². The fourth-order valence-corrected chi connectivity index (χ4v) is 2.80. The zero-order chi connectivity index (χ0) is 19.8. The lowest BCUT2D eigenvalue weighted by Gasteiger charge is -2.40. The molecular formula is C17H31N3O5+2. The molecule has 1 aliphatic heterocycles. The lowest BCUT2D eigenvalue weighted by atomic mass is 10.1. The molecule has 3 atom stereocenters. The van der Waals surface area contributed by atoms with Crippen LogP contribution in [0.2, 0.25) is 0 Å². The smallest absolute Gasteiger partial charge is 0.367 e. The number of aliphatic hydroxyl groups excluding tert-OH is 1. The molecule has 0 fully saturated rings. The number of amidine groups is 1. The van der Waals surface area contributed by atoms with Crippen LogP contribution in [0.25, 0.3) is 0 Å². The molecule has 0 aliphatic carbocycles. The molecule has 8 heteroatoms. The average Bonchev–Trinajstić information content (AvgIpc) is 2.82. The third kappa shape index (κ3) is 6.41. The van der Waals surface area contributed by atoms with Crippen LogP contribution in [0.15, 0.2) is 30.3 Å². The van der Waals surface area contributed by atoms with Gasteiger partial charge in [0, 0.05) is 6.92 Å². The number of aliphatic carboxylic acids is 2. The summed E-state index contributed by atoms with van der Waals surface area (Å²) in [6.45, 7) is 9.96. The maximum Gasteiger partial charge on any atom is 0.367 e.